The van der Waals surface area contributed by atoms with E-state index >= 15 is 0 Å². The molecule has 0 saturated carbocycles. The van der Waals surface area contributed by atoms with E-state index in [1.807, 2.05) is 6.07 Å². The molecule has 1 aromatic carbocycles. The summed E-state index contributed by atoms with van der Waals surface area (Å²) in [7, 11) is 0. The van der Waals surface area contributed by atoms with Crippen molar-refractivity contribution in [3.8, 4) is 11.8 Å². The number of tetrazole rings is 1. The van der Waals surface area contributed by atoms with Crippen LogP contribution in [0.3, 0.4) is 0 Å². The molecule has 9 heteroatoms. The van der Waals surface area contributed by atoms with Gasteiger partial charge in [0.15, 0.2) is 0 Å². The molecule has 24 heavy (non-hydrogen) atoms. The minimum atomic E-state index is -0.499. The van der Waals surface area contributed by atoms with E-state index in [1.165, 1.54) is 12.3 Å². The average molecular weight is 330 g/mol. The van der Waals surface area contributed by atoms with Crippen molar-refractivity contribution in [3.05, 3.63) is 36.0 Å². The molecule has 1 atom stereocenters. The predicted octanol–water partition coefficient (Wildman–Crippen LogP) is 1.87. The maximum absolute atomic E-state index is 14.1. The predicted molar refractivity (Wildman–Crippen MR) is 82.3 cm³/mol. The summed E-state index contributed by atoms with van der Waals surface area (Å²) in [5, 5.41) is 25.0. The highest BCUT2D eigenvalue weighted by Crippen LogP contribution is 2.29. The summed E-state index contributed by atoms with van der Waals surface area (Å²) >= 11 is 0. The molecule has 1 unspecified atom stereocenters. The number of H-pyrrole nitrogens is 1. The highest BCUT2D eigenvalue weighted by Gasteiger charge is 2.18. The van der Waals surface area contributed by atoms with E-state index in [9.17, 15) is 4.39 Å². The van der Waals surface area contributed by atoms with Crippen LogP contribution in [0.15, 0.2) is 24.4 Å². The number of rotatable bonds is 6. The van der Waals surface area contributed by atoms with Crippen LogP contribution in [0.5, 0.6) is 5.75 Å². The summed E-state index contributed by atoms with van der Waals surface area (Å²) in [6.45, 7) is 1.07. The first kappa shape index (κ1) is 15.9. The van der Waals surface area contributed by atoms with Crippen molar-refractivity contribution in [2.24, 2.45) is 0 Å². The number of ether oxygens (including phenoxy) is 2. The van der Waals surface area contributed by atoms with Crippen LogP contribution in [0.25, 0.3) is 5.57 Å². The highest BCUT2D eigenvalue weighted by atomic mass is 19.1. The summed E-state index contributed by atoms with van der Waals surface area (Å²) in [6, 6.07) is 6.42. The number of para-hydroxylation sites is 1. The van der Waals surface area contributed by atoms with Crippen LogP contribution in [0.2, 0.25) is 0 Å². The monoisotopic (exact) mass is 330 g/mol. The van der Waals surface area contributed by atoms with E-state index < -0.39 is 5.82 Å². The van der Waals surface area contributed by atoms with Crippen LogP contribution < -0.4 is 10.1 Å². The van der Waals surface area contributed by atoms with Crippen LogP contribution in [-0.2, 0) is 4.74 Å². The van der Waals surface area contributed by atoms with Gasteiger partial charge < -0.3 is 14.8 Å². The molecule has 0 amide bonds. The van der Waals surface area contributed by atoms with Crippen LogP contribution in [0.4, 0.5) is 10.1 Å². The largest absolute Gasteiger partial charge is 0.489 e. The SMILES string of the molecule is N#CC(=CNc1c(F)cccc1OCC1CCCO1)c1nn[nH]n1. The zero-order valence-corrected chi connectivity index (χ0v) is 12.7. The second kappa shape index (κ2) is 7.52. The second-order valence-electron chi connectivity index (χ2n) is 5.11. The van der Waals surface area contributed by atoms with Crippen LogP contribution in [0, 0.1) is 17.1 Å². The average Bonchev–Trinajstić information content (AvgIpc) is 3.29. The Morgan fingerprint density at radius 2 is 2.50 bits per heavy atom. The van der Waals surface area contributed by atoms with Gasteiger partial charge in [0, 0.05) is 12.8 Å². The molecule has 3 rings (SSSR count). The molecule has 1 fully saturated rings. The summed E-state index contributed by atoms with van der Waals surface area (Å²) in [5.41, 5.74) is 0.240. The highest BCUT2D eigenvalue weighted by molar-refractivity contribution is 5.75. The minimum absolute atomic E-state index is 0.0191. The first-order valence-corrected chi connectivity index (χ1v) is 7.41. The van der Waals surface area contributed by atoms with Crippen molar-refractivity contribution in [2.75, 3.05) is 18.5 Å². The van der Waals surface area contributed by atoms with Crippen molar-refractivity contribution in [3.63, 3.8) is 0 Å². The van der Waals surface area contributed by atoms with Gasteiger partial charge in [0.05, 0.1) is 6.10 Å². The Morgan fingerprint density at radius 3 is 3.21 bits per heavy atom. The first-order chi connectivity index (χ1) is 11.8. The maximum Gasteiger partial charge on any atom is 0.216 e. The number of allylic oxidation sites excluding steroid dienone is 1. The minimum Gasteiger partial charge on any atom is -0.489 e. The molecule has 8 nitrogen and oxygen atoms in total. The van der Waals surface area contributed by atoms with E-state index in [0.29, 0.717) is 12.4 Å². The number of aromatic amines is 1. The Morgan fingerprint density at radius 1 is 1.58 bits per heavy atom. The lowest BCUT2D eigenvalue weighted by Gasteiger charge is -2.15. The van der Waals surface area contributed by atoms with Gasteiger partial charge in [-0.05, 0) is 30.2 Å². The number of hydrogen-bond donors (Lipinski definition) is 2. The molecule has 2 N–H and O–H groups in total. The Hall–Kier alpha value is -2.99. The van der Waals surface area contributed by atoms with E-state index in [4.69, 9.17) is 14.7 Å². The van der Waals surface area contributed by atoms with Crippen molar-refractivity contribution < 1.29 is 13.9 Å². The number of benzene rings is 1. The van der Waals surface area contributed by atoms with E-state index in [0.717, 1.165) is 19.4 Å². The number of aromatic nitrogens is 4. The van der Waals surface area contributed by atoms with Gasteiger partial charge in [0.25, 0.3) is 0 Å². The zero-order valence-electron chi connectivity index (χ0n) is 12.7. The third-order valence-electron chi connectivity index (χ3n) is 3.49. The van der Waals surface area contributed by atoms with Crippen molar-refractivity contribution >= 4 is 11.3 Å². The summed E-state index contributed by atoms with van der Waals surface area (Å²) in [6.07, 6.45) is 3.25. The fourth-order valence-corrected chi connectivity index (χ4v) is 2.29. The van der Waals surface area contributed by atoms with Crippen molar-refractivity contribution in [1.29, 1.82) is 5.26 Å². The van der Waals surface area contributed by atoms with Gasteiger partial charge in [-0.15, -0.1) is 10.2 Å². The third kappa shape index (κ3) is 3.67. The molecule has 0 aliphatic carbocycles. The molecule has 1 aromatic heterocycles. The lowest BCUT2D eigenvalue weighted by Crippen LogP contribution is -2.16. The molecule has 1 aliphatic heterocycles. The molecule has 2 heterocycles. The smallest absolute Gasteiger partial charge is 0.216 e. The first-order valence-electron chi connectivity index (χ1n) is 7.41. The van der Waals surface area contributed by atoms with Crippen molar-refractivity contribution in [1.82, 2.24) is 20.6 Å². The number of hydrogen-bond acceptors (Lipinski definition) is 7. The molecule has 0 spiro atoms. The fraction of sp³-hybridized carbons (Fsp3) is 0.333. The number of anilines is 1. The normalized spacial score (nSPS) is 17.5. The Bertz CT molecular complexity index is 750. The maximum atomic E-state index is 14.1. The van der Waals surface area contributed by atoms with Gasteiger partial charge in [0.1, 0.15) is 35.5 Å². The van der Waals surface area contributed by atoms with Crippen LogP contribution in [-0.4, -0.2) is 39.9 Å². The third-order valence-corrected chi connectivity index (χ3v) is 3.49. The molecule has 1 saturated heterocycles. The molecular weight excluding hydrogens is 315 g/mol. The lowest BCUT2D eigenvalue weighted by molar-refractivity contribution is 0.0681. The molecule has 124 valence electrons. The summed E-state index contributed by atoms with van der Waals surface area (Å²) in [5.74, 6) is -0.0446. The van der Waals surface area contributed by atoms with Gasteiger partial charge in [-0.2, -0.15) is 10.5 Å². The molecule has 2 aromatic rings. The van der Waals surface area contributed by atoms with Gasteiger partial charge in [-0.1, -0.05) is 6.07 Å². The summed E-state index contributed by atoms with van der Waals surface area (Å²) < 4.78 is 25.3. The summed E-state index contributed by atoms with van der Waals surface area (Å²) in [4.78, 5) is 0. The number of nitrogens with zero attached hydrogens (tertiary/aromatic N) is 4. The van der Waals surface area contributed by atoms with E-state index in [2.05, 4.69) is 25.9 Å². The fourth-order valence-electron chi connectivity index (χ4n) is 2.29. The van der Waals surface area contributed by atoms with E-state index in [-0.39, 0.29) is 23.2 Å². The van der Waals surface area contributed by atoms with Crippen LogP contribution in [0.1, 0.15) is 18.7 Å². The molecule has 0 radical (unpaired) electrons. The lowest BCUT2D eigenvalue weighted by atomic mass is 10.2. The Labute approximate surface area is 137 Å². The number of nitrogens with one attached hydrogen (secondary N) is 2. The Kier molecular flexibility index (Phi) is 4.98. The number of halogens is 1. The molecule has 1 aliphatic rings. The van der Waals surface area contributed by atoms with E-state index in [1.54, 1.807) is 12.1 Å². The molecular formula is C15H15FN6O2. The quantitative estimate of drug-likeness (QED) is 0.778. The van der Waals surface area contributed by atoms with Crippen molar-refractivity contribution in [2.45, 2.75) is 18.9 Å². The molecule has 0 bridgehead atoms. The second-order valence-corrected chi connectivity index (χ2v) is 5.11. The van der Waals surface area contributed by atoms with Gasteiger partial charge in [0.2, 0.25) is 5.82 Å². The standard InChI is InChI=1S/C15H15FN6O2/c16-12-4-1-5-13(24-9-11-3-2-6-23-11)14(12)18-8-10(7-17)15-19-21-22-20-15/h1,4-5,8,11,18H,2-3,6,9H2,(H,19,20,21,22). The topological polar surface area (TPSA) is 109 Å². The van der Waals surface area contributed by atoms with Gasteiger partial charge in [-0.25, -0.2) is 4.39 Å². The van der Waals surface area contributed by atoms with Crippen LogP contribution >= 0.6 is 0 Å². The zero-order chi connectivity index (χ0) is 16.8. The number of nitriles is 1. The Balaban J connectivity index is 1.75. The van der Waals surface area contributed by atoms with Gasteiger partial charge in [-0.3, -0.25) is 0 Å². The van der Waals surface area contributed by atoms with Gasteiger partial charge >= 0.3 is 0 Å².